The van der Waals surface area contributed by atoms with Gasteiger partial charge in [0.05, 0.1) is 31.8 Å². The number of aliphatic hydroxyl groups excluding tert-OH is 1. The first-order valence-corrected chi connectivity index (χ1v) is 5.98. The Morgan fingerprint density at radius 1 is 1.37 bits per heavy atom. The number of rotatable bonds is 6. The maximum Gasteiger partial charge on any atom is 0.335 e. The molecule has 0 fully saturated rings. The average molecular weight is 265 g/mol. The summed E-state index contributed by atoms with van der Waals surface area (Å²) in [7, 11) is 0. The van der Waals surface area contributed by atoms with Crippen molar-refractivity contribution in [1.29, 1.82) is 0 Å². The Labute approximate surface area is 110 Å². The van der Waals surface area contributed by atoms with Crippen LogP contribution in [-0.4, -0.2) is 48.5 Å². The van der Waals surface area contributed by atoms with Crippen molar-refractivity contribution in [2.45, 2.75) is 6.42 Å². The Hall–Kier alpha value is -1.92. The van der Waals surface area contributed by atoms with Crippen LogP contribution in [0.5, 0.6) is 0 Å². The van der Waals surface area contributed by atoms with Crippen LogP contribution in [0.25, 0.3) is 0 Å². The molecule has 0 atom stereocenters. The third-order valence-corrected chi connectivity index (χ3v) is 2.96. The van der Waals surface area contributed by atoms with Gasteiger partial charge in [0.1, 0.15) is 0 Å². The fraction of sp³-hybridized carbons (Fsp3) is 0.385. The van der Waals surface area contributed by atoms with Gasteiger partial charge < -0.3 is 19.8 Å². The Morgan fingerprint density at radius 2 is 2.16 bits per heavy atom. The van der Waals surface area contributed by atoms with E-state index in [1.54, 1.807) is 6.07 Å². The van der Waals surface area contributed by atoms with Gasteiger partial charge in [0.15, 0.2) is 0 Å². The van der Waals surface area contributed by atoms with Gasteiger partial charge in [-0.15, -0.1) is 0 Å². The fourth-order valence-electron chi connectivity index (χ4n) is 2.06. The van der Waals surface area contributed by atoms with E-state index < -0.39 is 5.97 Å². The lowest BCUT2D eigenvalue weighted by molar-refractivity contribution is -0.117. The van der Waals surface area contributed by atoms with E-state index in [1.165, 1.54) is 17.0 Å². The summed E-state index contributed by atoms with van der Waals surface area (Å²) < 4.78 is 5.13. The van der Waals surface area contributed by atoms with E-state index in [0.29, 0.717) is 18.8 Å². The van der Waals surface area contributed by atoms with E-state index in [1.807, 2.05) is 0 Å². The second-order valence-electron chi connectivity index (χ2n) is 4.21. The molecule has 1 heterocycles. The highest BCUT2D eigenvalue weighted by Crippen LogP contribution is 2.29. The molecule has 19 heavy (non-hydrogen) atoms. The maximum absolute atomic E-state index is 11.8. The topological polar surface area (TPSA) is 87.1 Å². The van der Waals surface area contributed by atoms with Crippen LogP contribution >= 0.6 is 0 Å². The molecule has 102 valence electrons. The number of amides is 1. The number of benzene rings is 1. The summed E-state index contributed by atoms with van der Waals surface area (Å²) in [6.07, 6.45) is 0.287. The molecule has 2 rings (SSSR count). The molecule has 6 nitrogen and oxygen atoms in total. The number of aromatic carboxylic acids is 1. The largest absolute Gasteiger partial charge is 0.478 e. The lowest BCUT2D eigenvalue weighted by Crippen LogP contribution is -2.30. The molecular weight excluding hydrogens is 250 g/mol. The summed E-state index contributed by atoms with van der Waals surface area (Å²) in [6.45, 7) is 0.829. The normalized spacial score (nSPS) is 13.7. The molecule has 1 aromatic carbocycles. The minimum Gasteiger partial charge on any atom is -0.478 e. The summed E-state index contributed by atoms with van der Waals surface area (Å²) >= 11 is 0. The molecule has 0 unspecified atom stereocenters. The zero-order valence-corrected chi connectivity index (χ0v) is 10.3. The molecule has 0 saturated carbocycles. The molecule has 0 aliphatic carbocycles. The lowest BCUT2D eigenvalue weighted by atomic mass is 10.1. The molecule has 2 N–H and O–H groups in total. The molecule has 0 saturated heterocycles. The summed E-state index contributed by atoms with van der Waals surface area (Å²) in [4.78, 5) is 24.3. The summed E-state index contributed by atoms with van der Waals surface area (Å²) in [5, 5.41) is 17.6. The third kappa shape index (κ3) is 2.91. The second kappa shape index (κ2) is 5.81. The van der Waals surface area contributed by atoms with E-state index in [4.69, 9.17) is 14.9 Å². The smallest absolute Gasteiger partial charge is 0.335 e. The number of hydrogen-bond acceptors (Lipinski definition) is 4. The monoisotopic (exact) mass is 265 g/mol. The zero-order chi connectivity index (χ0) is 13.8. The number of carbonyl (C=O) groups excluding carboxylic acids is 1. The van der Waals surface area contributed by atoms with Crippen molar-refractivity contribution >= 4 is 17.6 Å². The van der Waals surface area contributed by atoms with Gasteiger partial charge >= 0.3 is 5.97 Å². The SMILES string of the molecule is O=C(O)c1ccc2c(c1)N(CCOCCO)C(=O)C2. The van der Waals surface area contributed by atoms with E-state index in [0.717, 1.165) is 5.56 Å². The van der Waals surface area contributed by atoms with Gasteiger partial charge in [0.2, 0.25) is 5.91 Å². The second-order valence-corrected chi connectivity index (χ2v) is 4.21. The van der Waals surface area contributed by atoms with E-state index in [-0.39, 0.29) is 31.1 Å². The molecule has 0 bridgehead atoms. The number of anilines is 1. The highest BCUT2D eigenvalue weighted by molar-refractivity contribution is 6.03. The molecule has 1 aromatic rings. The van der Waals surface area contributed by atoms with Gasteiger partial charge in [0.25, 0.3) is 0 Å². The molecule has 1 amide bonds. The average Bonchev–Trinajstić information content (AvgIpc) is 2.70. The third-order valence-electron chi connectivity index (χ3n) is 2.96. The van der Waals surface area contributed by atoms with E-state index in [2.05, 4.69) is 0 Å². The highest BCUT2D eigenvalue weighted by Gasteiger charge is 2.27. The van der Waals surface area contributed by atoms with Crippen molar-refractivity contribution in [3.63, 3.8) is 0 Å². The summed E-state index contributed by atoms with van der Waals surface area (Å²) in [5.74, 6) is -1.08. The molecule has 0 aromatic heterocycles. The molecule has 1 aliphatic rings. The van der Waals surface area contributed by atoms with E-state index in [9.17, 15) is 9.59 Å². The quantitative estimate of drug-likeness (QED) is 0.721. The van der Waals surface area contributed by atoms with Gasteiger partial charge in [-0.05, 0) is 17.7 Å². The molecule has 1 aliphatic heterocycles. The van der Waals surface area contributed by atoms with Crippen LogP contribution in [0, 0.1) is 0 Å². The number of carboxylic acids is 1. The number of ether oxygens (including phenoxy) is 1. The first-order chi connectivity index (χ1) is 9.13. The predicted octanol–water partition coefficient (Wildman–Crippen LogP) is 0.283. The van der Waals surface area contributed by atoms with Crippen LogP contribution in [0.2, 0.25) is 0 Å². The number of aliphatic hydroxyl groups is 1. The minimum atomic E-state index is -1.02. The first-order valence-electron chi connectivity index (χ1n) is 5.98. The molecule has 6 heteroatoms. The van der Waals surface area contributed by atoms with Crippen LogP contribution in [0.3, 0.4) is 0 Å². The van der Waals surface area contributed by atoms with Gasteiger partial charge in [-0.1, -0.05) is 6.07 Å². The van der Waals surface area contributed by atoms with Gasteiger partial charge in [-0.2, -0.15) is 0 Å². The van der Waals surface area contributed by atoms with Crippen molar-refractivity contribution in [3.05, 3.63) is 29.3 Å². The standard InChI is InChI=1S/C13H15NO5/c15-4-6-19-5-3-14-11-7-10(13(17)18)2-1-9(11)8-12(14)16/h1-2,7,15H,3-6,8H2,(H,17,18). The van der Waals surface area contributed by atoms with Crippen molar-refractivity contribution in [1.82, 2.24) is 0 Å². The minimum absolute atomic E-state index is 0.0618. The first kappa shape index (κ1) is 13.5. The Balaban J connectivity index is 2.12. The Kier molecular flexibility index (Phi) is 4.13. The van der Waals surface area contributed by atoms with E-state index >= 15 is 0 Å². The van der Waals surface area contributed by atoms with Gasteiger partial charge in [-0.3, -0.25) is 4.79 Å². The van der Waals surface area contributed by atoms with Crippen molar-refractivity contribution < 1.29 is 24.5 Å². The van der Waals surface area contributed by atoms with Crippen molar-refractivity contribution in [2.75, 3.05) is 31.3 Å². The predicted molar refractivity (Wildman–Crippen MR) is 67.4 cm³/mol. The number of fused-ring (bicyclic) bond motifs is 1. The van der Waals surface area contributed by atoms with Crippen LogP contribution in [0.15, 0.2) is 18.2 Å². The number of carbonyl (C=O) groups is 2. The summed E-state index contributed by atoms with van der Waals surface area (Å²) in [5.41, 5.74) is 1.63. The highest BCUT2D eigenvalue weighted by atomic mass is 16.5. The van der Waals surface area contributed by atoms with Gasteiger partial charge in [0, 0.05) is 12.2 Å². The van der Waals surface area contributed by atoms with Crippen molar-refractivity contribution in [2.24, 2.45) is 0 Å². The molecule has 0 radical (unpaired) electrons. The van der Waals surface area contributed by atoms with Crippen LogP contribution in [0.4, 0.5) is 5.69 Å². The van der Waals surface area contributed by atoms with Crippen LogP contribution in [-0.2, 0) is 16.0 Å². The van der Waals surface area contributed by atoms with Crippen LogP contribution < -0.4 is 4.90 Å². The fourth-order valence-corrected chi connectivity index (χ4v) is 2.06. The maximum atomic E-state index is 11.8. The summed E-state index contributed by atoms with van der Waals surface area (Å²) in [6, 6.07) is 4.68. The van der Waals surface area contributed by atoms with Gasteiger partial charge in [-0.25, -0.2) is 4.79 Å². The zero-order valence-electron chi connectivity index (χ0n) is 10.3. The van der Waals surface area contributed by atoms with Crippen molar-refractivity contribution in [3.8, 4) is 0 Å². The number of carboxylic acid groups (broad SMARTS) is 1. The Bertz CT molecular complexity index is 500. The van der Waals surface area contributed by atoms with Crippen LogP contribution in [0.1, 0.15) is 15.9 Å². The lowest BCUT2D eigenvalue weighted by Gasteiger charge is -2.17. The number of nitrogens with zero attached hydrogens (tertiary/aromatic N) is 1. The molecule has 0 spiro atoms. The Morgan fingerprint density at radius 3 is 2.84 bits per heavy atom. The number of hydrogen-bond donors (Lipinski definition) is 2. The molecular formula is C13H15NO5.